The molecule has 0 amide bonds. The van der Waals surface area contributed by atoms with Gasteiger partial charge >= 0.3 is 0 Å². The number of hydrogen-bond acceptors (Lipinski definition) is 2. The van der Waals surface area contributed by atoms with Crippen LogP contribution in [0.25, 0.3) is 0 Å². The zero-order valence-corrected chi connectivity index (χ0v) is 13.1. The quantitative estimate of drug-likeness (QED) is 0.778. The lowest BCUT2D eigenvalue weighted by Crippen LogP contribution is -2.55. The summed E-state index contributed by atoms with van der Waals surface area (Å²) in [6, 6.07) is 4.68. The lowest BCUT2D eigenvalue weighted by atomic mass is 10.0. The summed E-state index contributed by atoms with van der Waals surface area (Å²) in [6.07, 6.45) is 2.58. The zero-order valence-electron chi connectivity index (χ0n) is 11.5. The van der Waals surface area contributed by atoms with Crippen LogP contribution in [0.4, 0.5) is 10.1 Å². The van der Waals surface area contributed by atoms with Gasteiger partial charge in [0.05, 0.1) is 4.47 Å². The molecule has 104 valence electrons. The number of hydrogen-bond donors (Lipinski definition) is 0. The highest BCUT2D eigenvalue weighted by atomic mass is 79.9. The monoisotopic (exact) mass is 326 g/mol. The molecule has 2 nitrogen and oxygen atoms in total. The maximum atomic E-state index is 13.8. The Morgan fingerprint density at radius 3 is 2.89 bits per heavy atom. The van der Waals surface area contributed by atoms with Gasteiger partial charge in [0.1, 0.15) is 5.82 Å². The van der Waals surface area contributed by atoms with E-state index in [4.69, 9.17) is 0 Å². The summed E-state index contributed by atoms with van der Waals surface area (Å²) in [4.78, 5) is 4.98. The summed E-state index contributed by atoms with van der Waals surface area (Å²) in [5.41, 5.74) is 2.20. The van der Waals surface area contributed by atoms with Crippen molar-refractivity contribution < 1.29 is 4.39 Å². The average molecular weight is 327 g/mol. The SMILES string of the molecule is Cc1cc(Br)c(F)cc1N1CC2CCCN2CC1C. The summed E-state index contributed by atoms with van der Waals surface area (Å²) in [5.74, 6) is -0.165. The van der Waals surface area contributed by atoms with Crippen LogP contribution >= 0.6 is 15.9 Å². The van der Waals surface area contributed by atoms with Gasteiger partial charge in [0, 0.05) is 30.9 Å². The summed E-state index contributed by atoms with van der Waals surface area (Å²) in [6.45, 7) is 7.67. The van der Waals surface area contributed by atoms with Crippen molar-refractivity contribution in [3.63, 3.8) is 0 Å². The molecule has 0 aromatic heterocycles. The molecule has 2 unspecified atom stereocenters. The number of halogens is 2. The molecule has 4 heteroatoms. The number of nitrogens with zero attached hydrogens (tertiary/aromatic N) is 2. The molecule has 2 aliphatic rings. The summed E-state index contributed by atoms with van der Waals surface area (Å²) >= 11 is 3.26. The molecule has 0 saturated carbocycles. The molecule has 2 fully saturated rings. The van der Waals surface area contributed by atoms with E-state index in [9.17, 15) is 4.39 Å². The van der Waals surface area contributed by atoms with Gasteiger partial charge in [-0.15, -0.1) is 0 Å². The van der Waals surface area contributed by atoms with Crippen LogP contribution in [0.5, 0.6) is 0 Å². The number of fused-ring (bicyclic) bond motifs is 1. The number of anilines is 1. The molecule has 1 aromatic rings. The topological polar surface area (TPSA) is 6.48 Å². The van der Waals surface area contributed by atoms with Crippen molar-refractivity contribution in [2.24, 2.45) is 0 Å². The van der Waals surface area contributed by atoms with Crippen molar-refractivity contribution in [2.45, 2.75) is 38.8 Å². The Labute approximate surface area is 122 Å². The Morgan fingerprint density at radius 1 is 1.32 bits per heavy atom. The summed E-state index contributed by atoms with van der Waals surface area (Å²) in [7, 11) is 0. The Balaban J connectivity index is 1.91. The third-order valence-corrected chi connectivity index (χ3v) is 5.09. The third-order valence-electron chi connectivity index (χ3n) is 4.49. The van der Waals surface area contributed by atoms with E-state index in [0.717, 1.165) is 24.3 Å². The van der Waals surface area contributed by atoms with Crippen LogP contribution in [0.15, 0.2) is 16.6 Å². The van der Waals surface area contributed by atoms with Gasteiger partial charge in [0.15, 0.2) is 0 Å². The van der Waals surface area contributed by atoms with Crippen molar-refractivity contribution in [2.75, 3.05) is 24.5 Å². The minimum Gasteiger partial charge on any atom is -0.366 e. The number of rotatable bonds is 1. The molecular weight excluding hydrogens is 307 g/mol. The highest BCUT2D eigenvalue weighted by Crippen LogP contribution is 2.32. The Kier molecular flexibility index (Phi) is 3.56. The van der Waals surface area contributed by atoms with E-state index in [1.165, 1.54) is 19.4 Å². The average Bonchev–Trinajstić information content (AvgIpc) is 2.80. The highest BCUT2D eigenvalue weighted by Gasteiger charge is 2.34. The Hall–Kier alpha value is -0.610. The van der Waals surface area contributed by atoms with E-state index in [1.54, 1.807) is 6.07 Å². The molecule has 1 aromatic carbocycles. The molecule has 0 radical (unpaired) electrons. The molecule has 2 atom stereocenters. The molecule has 19 heavy (non-hydrogen) atoms. The minimum absolute atomic E-state index is 0.165. The minimum atomic E-state index is -0.165. The van der Waals surface area contributed by atoms with Crippen molar-refractivity contribution in [3.05, 3.63) is 28.0 Å². The molecule has 3 rings (SSSR count). The van der Waals surface area contributed by atoms with Crippen LogP contribution in [-0.2, 0) is 0 Å². The molecule has 2 heterocycles. The van der Waals surface area contributed by atoms with Gasteiger partial charge in [0.25, 0.3) is 0 Å². The fourth-order valence-corrected chi connectivity index (χ4v) is 3.93. The van der Waals surface area contributed by atoms with E-state index in [2.05, 4.69) is 39.6 Å². The predicted molar refractivity (Wildman–Crippen MR) is 80.2 cm³/mol. The second-order valence-corrected chi connectivity index (χ2v) is 6.70. The largest absolute Gasteiger partial charge is 0.366 e. The van der Waals surface area contributed by atoms with E-state index >= 15 is 0 Å². The van der Waals surface area contributed by atoms with Crippen molar-refractivity contribution in [1.29, 1.82) is 0 Å². The molecule has 0 N–H and O–H groups in total. The first kappa shape index (κ1) is 13.4. The molecular formula is C15H20BrFN2. The first-order valence-electron chi connectivity index (χ1n) is 7.02. The van der Waals surface area contributed by atoms with Crippen LogP contribution < -0.4 is 4.90 Å². The molecule has 0 spiro atoms. The van der Waals surface area contributed by atoms with Crippen molar-refractivity contribution in [3.8, 4) is 0 Å². The molecule has 2 saturated heterocycles. The van der Waals surface area contributed by atoms with Gasteiger partial charge < -0.3 is 4.90 Å². The first-order valence-corrected chi connectivity index (χ1v) is 7.82. The van der Waals surface area contributed by atoms with Crippen LogP contribution in [0.3, 0.4) is 0 Å². The second kappa shape index (κ2) is 5.06. The van der Waals surface area contributed by atoms with Gasteiger partial charge in [-0.05, 0) is 66.9 Å². The molecule has 0 aliphatic carbocycles. The lowest BCUT2D eigenvalue weighted by Gasteiger charge is -2.44. The van der Waals surface area contributed by atoms with E-state index in [-0.39, 0.29) is 5.82 Å². The number of aryl methyl sites for hydroxylation is 1. The fourth-order valence-electron chi connectivity index (χ4n) is 3.47. The Bertz CT molecular complexity index is 491. The van der Waals surface area contributed by atoms with Gasteiger partial charge in [-0.3, -0.25) is 4.90 Å². The zero-order chi connectivity index (χ0) is 13.6. The maximum Gasteiger partial charge on any atom is 0.139 e. The van der Waals surface area contributed by atoms with Gasteiger partial charge in [-0.2, -0.15) is 0 Å². The normalized spacial score (nSPS) is 27.7. The second-order valence-electron chi connectivity index (χ2n) is 5.85. The molecule has 0 bridgehead atoms. The lowest BCUT2D eigenvalue weighted by molar-refractivity contribution is 0.203. The van der Waals surface area contributed by atoms with Gasteiger partial charge in [-0.1, -0.05) is 0 Å². The summed E-state index contributed by atoms with van der Waals surface area (Å²) in [5, 5.41) is 0. The van der Waals surface area contributed by atoms with Crippen LogP contribution in [-0.4, -0.2) is 36.6 Å². The van der Waals surface area contributed by atoms with Crippen molar-refractivity contribution in [1.82, 2.24) is 4.90 Å². The fraction of sp³-hybridized carbons (Fsp3) is 0.600. The van der Waals surface area contributed by atoms with E-state index < -0.39 is 0 Å². The standard InChI is InChI=1S/C15H20BrFN2/c1-10-6-13(16)14(17)7-15(10)19-9-12-4-3-5-18(12)8-11(19)2/h6-7,11-12H,3-5,8-9H2,1-2H3. The highest BCUT2D eigenvalue weighted by molar-refractivity contribution is 9.10. The van der Waals surface area contributed by atoms with Crippen LogP contribution in [0.2, 0.25) is 0 Å². The third kappa shape index (κ3) is 2.40. The van der Waals surface area contributed by atoms with Crippen LogP contribution in [0, 0.1) is 12.7 Å². The van der Waals surface area contributed by atoms with Gasteiger partial charge in [0.2, 0.25) is 0 Å². The summed E-state index contributed by atoms with van der Waals surface area (Å²) < 4.78 is 14.4. The number of benzene rings is 1. The van der Waals surface area contributed by atoms with Crippen molar-refractivity contribution >= 4 is 21.6 Å². The smallest absolute Gasteiger partial charge is 0.139 e. The number of piperazine rings is 1. The first-order chi connectivity index (χ1) is 9.06. The maximum absolute atomic E-state index is 13.8. The van der Waals surface area contributed by atoms with E-state index in [0.29, 0.717) is 16.6 Å². The van der Waals surface area contributed by atoms with Crippen LogP contribution in [0.1, 0.15) is 25.3 Å². The van der Waals surface area contributed by atoms with E-state index in [1.807, 2.05) is 6.07 Å². The molecule has 2 aliphatic heterocycles. The Morgan fingerprint density at radius 2 is 2.11 bits per heavy atom. The predicted octanol–water partition coefficient (Wildman–Crippen LogP) is 3.57. The van der Waals surface area contributed by atoms with Gasteiger partial charge in [-0.25, -0.2) is 4.39 Å².